The molecule has 0 spiro atoms. The molecule has 2 heterocycles. The van der Waals surface area contributed by atoms with Crippen LogP contribution in [0.2, 0.25) is 0 Å². The molecule has 0 fully saturated rings. The highest BCUT2D eigenvalue weighted by atomic mass is 79.9. The van der Waals surface area contributed by atoms with E-state index in [4.69, 9.17) is 12.2 Å². The monoisotopic (exact) mass is 247 g/mol. The Balaban J connectivity index is 2.92. The van der Waals surface area contributed by atoms with E-state index in [-0.39, 0.29) is 0 Å². The number of fused-ring (bicyclic) bond motifs is 1. The second-order valence-electron chi connectivity index (χ2n) is 2.07. The molecule has 0 unspecified atom stereocenters. The predicted molar refractivity (Wildman–Crippen MR) is 51.3 cm³/mol. The number of hydrogen-bond donors (Lipinski definition) is 1. The third-order valence-electron chi connectivity index (χ3n) is 1.30. The van der Waals surface area contributed by atoms with Crippen LogP contribution >= 0.6 is 39.5 Å². The van der Waals surface area contributed by atoms with Crippen LogP contribution in [0.15, 0.2) is 16.7 Å². The van der Waals surface area contributed by atoms with Crippen molar-refractivity contribution in [3.05, 3.63) is 20.7 Å². The summed E-state index contributed by atoms with van der Waals surface area (Å²) >= 11 is 9.92. The summed E-state index contributed by atoms with van der Waals surface area (Å²) in [6.07, 6.45) is 1.88. The Kier molecular flexibility index (Phi) is 1.78. The third kappa shape index (κ3) is 1.36. The van der Waals surface area contributed by atoms with Gasteiger partial charge in [0.2, 0.25) is 3.95 Å². The summed E-state index contributed by atoms with van der Waals surface area (Å²) < 4.78 is 2.98. The van der Waals surface area contributed by atoms with Crippen LogP contribution in [-0.4, -0.2) is 4.98 Å². The fraction of sp³-hybridized carbons (Fsp3) is 0. The lowest BCUT2D eigenvalue weighted by molar-refractivity contribution is -0.348. The van der Waals surface area contributed by atoms with Crippen LogP contribution in [0, 0.1) is 3.95 Å². The molecule has 11 heavy (non-hydrogen) atoms. The first kappa shape index (κ1) is 7.39. The summed E-state index contributed by atoms with van der Waals surface area (Å²) in [5.74, 6) is 0. The maximum absolute atomic E-state index is 4.98. The van der Waals surface area contributed by atoms with Crippen molar-refractivity contribution in [3.8, 4) is 0 Å². The van der Waals surface area contributed by atoms with Gasteiger partial charge in [-0.3, -0.25) is 0 Å². The van der Waals surface area contributed by atoms with Gasteiger partial charge in [-0.15, -0.1) is 0 Å². The van der Waals surface area contributed by atoms with E-state index in [1.807, 2.05) is 12.3 Å². The summed E-state index contributed by atoms with van der Waals surface area (Å²) in [6.45, 7) is 0. The van der Waals surface area contributed by atoms with Gasteiger partial charge in [-0.05, 0) is 34.2 Å². The number of hydrogen-bond acceptors (Lipinski definition) is 2. The molecule has 0 aromatic carbocycles. The van der Waals surface area contributed by atoms with Crippen molar-refractivity contribution in [1.82, 2.24) is 4.98 Å². The Morgan fingerprint density at radius 1 is 1.64 bits per heavy atom. The average Bonchev–Trinajstić information content (AvgIpc) is 2.27. The molecule has 0 saturated carbocycles. The summed E-state index contributed by atoms with van der Waals surface area (Å²) in [7, 11) is 0. The van der Waals surface area contributed by atoms with Crippen LogP contribution in [0.3, 0.4) is 0 Å². The van der Waals surface area contributed by atoms with Gasteiger partial charge in [0.05, 0.1) is 4.47 Å². The molecule has 2 nitrogen and oxygen atoms in total. The van der Waals surface area contributed by atoms with E-state index in [0.717, 1.165) is 18.8 Å². The number of pyridine rings is 1. The Bertz CT molecular complexity index is 445. The van der Waals surface area contributed by atoms with Crippen LogP contribution < -0.4 is 4.98 Å². The first-order valence-electron chi connectivity index (χ1n) is 2.96. The van der Waals surface area contributed by atoms with Crippen molar-refractivity contribution < 1.29 is 4.98 Å². The van der Waals surface area contributed by atoms with Gasteiger partial charge in [-0.1, -0.05) is 11.3 Å². The molecular formula is C6H4BrN2S2+. The molecule has 2 aromatic heterocycles. The third-order valence-corrected chi connectivity index (χ3v) is 2.94. The minimum atomic E-state index is 0.800. The first-order chi connectivity index (χ1) is 5.25. The zero-order valence-electron chi connectivity index (χ0n) is 5.35. The van der Waals surface area contributed by atoms with Crippen molar-refractivity contribution in [3.63, 3.8) is 0 Å². The van der Waals surface area contributed by atoms with Crippen LogP contribution in [0.4, 0.5) is 0 Å². The number of aromatic amines is 2. The maximum atomic E-state index is 4.98. The number of H-pyrrole nitrogens is 2. The van der Waals surface area contributed by atoms with Crippen LogP contribution in [0.25, 0.3) is 10.3 Å². The molecule has 0 aliphatic carbocycles. The maximum Gasteiger partial charge on any atom is 0.296 e. The van der Waals surface area contributed by atoms with Gasteiger partial charge in [0.15, 0.2) is 0 Å². The summed E-state index contributed by atoms with van der Waals surface area (Å²) in [4.78, 5) is 6.12. The standard InChI is InChI=1S/C6H3BrN2S2/c7-3-1-4-5(8-2-3)9-6(10)11-4/h1-2H,(H,8,9,10)/p+1. The van der Waals surface area contributed by atoms with E-state index >= 15 is 0 Å². The second-order valence-corrected chi connectivity index (χ2v) is 4.71. The molecule has 2 rings (SSSR count). The average molecular weight is 248 g/mol. The van der Waals surface area contributed by atoms with E-state index in [2.05, 4.69) is 25.9 Å². The van der Waals surface area contributed by atoms with E-state index in [9.17, 15) is 0 Å². The highest BCUT2D eigenvalue weighted by Crippen LogP contribution is 2.18. The number of aromatic nitrogens is 2. The molecule has 0 aliphatic heterocycles. The van der Waals surface area contributed by atoms with E-state index in [1.54, 1.807) is 11.3 Å². The zero-order valence-corrected chi connectivity index (χ0v) is 8.57. The van der Waals surface area contributed by atoms with E-state index in [1.165, 1.54) is 0 Å². The summed E-state index contributed by atoms with van der Waals surface area (Å²) in [5.41, 5.74) is 0.989. The smallest absolute Gasteiger partial charge is 0.245 e. The Hall–Kier alpha value is -0.260. The highest BCUT2D eigenvalue weighted by molar-refractivity contribution is 9.10. The molecule has 56 valence electrons. The highest BCUT2D eigenvalue weighted by Gasteiger charge is 2.03. The molecule has 5 heteroatoms. The van der Waals surface area contributed by atoms with Crippen molar-refractivity contribution in [2.45, 2.75) is 0 Å². The van der Waals surface area contributed by atoms with Crippen molar-refractivity contribution in [1.29, 1.82) is 0 Å². The molecule has 0 saturated heterocycles. The Morgan fingerprint density at radius 2 is 2.45 bits per heavy atom. The minimum absolute atomic E-state index is 0.800. The van der Waals surface area contributed by atoms with Crippen LogP contribution in [0.5, 0.6) is 0 Å². The topological polar surface area (TPSA) is 29.9 Å². The van der Waals surface area contributed by atoms with Gasteiger partial charge in [0.25, 0.3) is 5.65 Å². The van der Waals surface area contributed by atoms with Gasteiger partial charge < -0.3 is 0 Å². The molecule has 2 aromatic rings. The number of halogens is 1. The molecule has 0 atom stereocenters. The normalized spacial score (nSPS) is 10.6. The Labute approximate surface area is 80.4 Å². The zero-order chi connectivity index (χ0) is 7.84. The molecule has 2 N–H and O–H groups in total. The SMILES string of the molecule is S=c1[nH]c2[nH+]cc(Br)cc2s1. The first-order valence-corrected chi connectivity index (χ1v) is 4.97. The summed E-state index contributed by atoms with van der Waals surface area (Å²) in [5, 5.41) is 0. The van der Waals surface area contributed by atoms with Gasteiger partial charge >= 0.3 is 0 Å². The van der Waals surface area contributed by atoms with Crippen molar-refractivity contribution >= 4 is 49.8 Å². The Morgan fingerprint density at radius 3 is 3.27 bits per heavy atom. The quantitative estimate of drug-likeness (QED) is 0.713. The molecule has 0 radical (unpaired) electrons. The lowest BCUT2D eigenvalue weighted by atomic mass is 10.5. The lowest BCUT2D eigenvalue weighted by Crippen LogP contribution is -2.01. The predicted octanol–water partition coefficient (Wildman–Crippen LogP) is 2.54. The second kappa shape index (κ2) is 2.66. The van der Waals surface area contributed by atoms with Gasteiger partial charge in [0, 0.05) is 0 Å². The minimum Gasteiger partial charge on any atom is -0.245 e. The number of rotatable bonds is 0. The van der Waals surface area contributed by atoms with Gasteiger partial charge in [-0.2, -0.15) is 0 Å². The molecule has 0 amide bonds. The fourth-order valence-electron chi connectivity index (χ4n) is 0.857. The molecule has 0 bridgehead atoms. The summed E-state index contributed by atoms with van der Waals surface area (Å²) in [6, 6.07) is 2.03. The largest absolute Gasteiger partial charge is 0.296 e. The van der Waals surface area contributed by atoms with Gasteiger partial charge in [-0.25, -0.2) is 9.97 Å². The molecule has 0 aliphatic rings. The van der Waals surface area contributed by atoms with Crippen molar-refractivity contribution in [2.75, 3.05) is 0 Å². The van der Waals surface area contributed by atoms with Crippen LogP contribution in [-0.2, 0) is 0 Å². The molecular weight excluding hydrogens is 244 g/mol. The van der Waals surface area contributed by atoms with E-state index < -0.39 is 0 Å². The van der Waals surface area contributed by atoms with Gasteiger partial charge in [0.1, 0.15) is 10.9 Å². The number of thiazole rings is 1. The van der Waals surface area contributed by atoms with Crippen molar-refractivity contribution in [2.24, 2.45) is 0 Å². The fourth-order valence-corrected chi connectivity index (χ4v) is 2.47. The van der Waals surface area contributed by atoms with Crippen LogP contribution in [0.1, 0.15) is 0 Å². The van der Waals surface area contributed by atoms with E-state index in [0.29, 0.717) is 0 Å². The number of nitrogens with one attached hydrogen (secondary N) is 2. The lowest BCUT2D eigenvalue weighted by Gasteiger charge is -1.82.